The van der Waals surface area contributed by atoms with Crippen LogP contribution in [0.3, 0.4) is 0 Å². The minimum absolute atomic E-state index is 0.0709. The lowest BCUT2D eigenvalue weighted by Crippen LogP contribution is -2.44. The average Bonchev–Trinajstić information content (AvgIpc) is 2.31. The molecule has 0 bridgehead atoms. The number of ether oxygens (including phenoxy) is 1. The van der Waals surface area contributed by atoms with Crippen molar-refractivity contribution in [1.29, 1.82) is 0 Å². The zero-order valence-electron chi connectivity index (χ0n) is 10.9. The summed E-state index contributed by atoms with van der Waals surface area (Å²) < 4.78 is 5.12. The molecule has 0 aromatic heterocycles. The first-order valence-electron chi connectivity index (χ1n) is 5.84. The maximum atomic E-state index is 11.0. The van der Waals surface area contributed by atoms with Gasteiger partial charge in [-0.3, -0.25) is 0 Å². The number of alkyl carbamates (subject to hydrolysis) is 1. The summed E-state index contributed by atoms with van der Waals surface area (Å²) in [5.74, 6) is 0. The van der Waals surface area contributed by atoms with E-state index in [0.29, 0.717) is 6.61 Å². The topological polar surface area (TPSA) is 62.4 Å². The van der Waals surface area contributed by atoms with Gasteiger partial charge in [0.15, 0.2) is 0 Å². The van der Waals surface area contributed by atoms with Gasteiger partial charge in [0, 0.05) is 25.6 Å². The summed E-state index contributed by atoms with van der Waals surface area (Å²) in [5.41, 5.74) is -0.0709. The smallest absolute Gasteiger partial charge is 0.406 e. The summed E-state index contributed by atoms with van der Waals surface area (Å²) in [4.78, 5) is 11.0. The molecule has 0 aliphatic heterocycles. The van der Waals surface area contributed by atoms with Crippen molar-refractivity contribution in [1.82, 2.24) is 16.0 Å². The van der Waals surface area contributed by atoms with Crippen LogP contribution in [0.15, 0.2) is 0 Å². The average molecular weight is 231 g/mol. The predicted octanol–water partition coefficient (Wildman–Crippen LogP) is 0.568. The fourth-order valence-corrected chi connectivity index (χ4v) is 1.33. The summed E-state index contributed by atoms with van der Waals surface area (Å²) in [7, 11) is 1.56. The molecule has 5 nitrogen and oxygen atoms in total. The first-order chi connectivity index (χ1) is 7.58. The first-order valence-corrected chi connectivity index (χ1v) is 5.84. The molecular formula is C11H25N3O2. The number of carbonyl (C=O) groups is 1. The van der Waals surface area contributed by atoms with Gasteiger partial charge in [-0.05, 0) is 13.1 Å². The highest BCUT2D eigenvalue weighted by Gasteiger charge is 2.25. The van der Waals surface area contributed by atoms with Crippen LogP contribution in [0, 0.1) is 5.41 Å². The van der Waals surface area contributed by atoms with Gasteiger partial charge in [0.05, 0.1) is 0 Å². The Kier molecular flexibility index (Phi) is 7.93. The summed E-state index contributed by atoms with van der Waals surface area (Å²) in [6, 6.07) is 0. The molecule has 0 aromatic rings. The Morgan fingerprint density at radius 1 is 1.19 bits per heavy atom. The third-order valence-corrected chi connectivity index (χ3v) is 2.36. The molecule has 96 valence electrons. The number of carbonyl (C=O) groups excluding carboxylic acids is 1. The maximum absolute atomic E-state index is 11.0. The van der Waals surface area contributed by atoms with Gasteiger partial charge in [-0.1, -0.05) is 20.8 Å². The van der Waals surface area contributed by atoms with E-state index in [0.717, 1.165) is 26.2 Å². The summed E-state index contributed by atoms with van der Waals surface area (Å²) in [5, 5.41) is 9.02. The fourth-order valence-electron chi connectivity index (χ4n) is 1.33. The number of nitrogens with one attached hydrogen (secondary N) is 3. The van der Waals surface area contributed by atoms with Gasteiger partial charge in [-0.15, -0.1) is 0 Å². The Hall–Kier alpha value is -0.810. The van der Waals surface area contributed by atoms with E-state index in [1.165, 1.54) is 0 Å². The Bertz CT molecular complexity index is 190. The number of rotatable bonds is 8. The molecule has 0 spiro atoms. The standard InChI is InChI=1S/C11H25N3O2/c1-5-13-7-11(3,8-14-6-2)9-16-10(15)12-4/h13-14H,5-9H2,1-4H3,(H,12,15). The quantitative estimate of drug-likeness (QED) is 0.571. The molecule has 0 saturated heterocycles. The molecular weight excluding hydrogens is 206 g/mol. The Morgan fingerprint density at radius 2 is 1.69 bits per heavy atom. The van der Waals surface area contributed by atoms with Crippen LogP contribution in [-0.4, -0.2) is 45.9 Å². The van der Waals surface area contributed by atoms with Gasteiger partial charge in [-0.25, -0.2) is 4.79 Å². The van der Waals surface area contributed by atoms with E-state index in [4.69, 9.17) is 4.74 Å². The lowest BCUT2D eigenvalue weighted by Gasteiger charge is -2.29. The van der Waals surface area contributed by atoms with E-state index in [1.807, 2.05) is 0 Å². The van der Waals surface area contributed by atoms with Crippen LogP contribution in [0.4, 0.5) is 4.79 Å². The molecule has 0 aromatic carbocycles. The number of amides is 1. The normalized spacial score (nSPS) is 11.2. The molecule has 16 heavy (non-hydrogen) atoms. The van der Waals surface area contributed by atoms with Crippen molar-refractivity contribution < 1.29 is 9.53 Å². The molecule has 0 fully saturated rings. The van der Waals surface area contributed by atoms with Crippen molar-refractivity contribution in [3.05, 3.63) is 0 Å². The second-order valence-electron chi connectivity index (χ2n) is 4.20. The van der Waals surface area contributed by atoms with Crippen molar-refractivity contribution in [3.63, 3.8) is 0 Å². The second kappa shape index (κ2) is 8.35. The van der Waals surface area contributed by atoms with Crippen molar-refractivity contribution in [2.24, 2.45) is 5.41 Å². The predicted molar refractivity (Wildman–Crippen MR) is 65.6 cm³/mol. The minimum atomic E-state index is -0.376. The summed E-state index contributed by atoms with van der Waals surface area (Å²) in [6.07, 6.45) is -0.376. The molecule has 0 rings (SSSR count). The zero-order chi connectivity index (χ0) is 12.4. The van der Waals surface area contributed by atoms with Crippen LogP contribution >= 0.6 is 0 Å². The molecule has 5 heteroatoms. The summed E-state index contributed by atoms with van der Waals surface area (Å²) in [6.45, 7) is 10.1. The highest BCUT2D eigenvalue weighted by molar-refractivity contribution is 5.66. The number of hydrogen-bond donors (Lipinski definition) is 3. The van der Waals surface area contributed by atoms with Gasteiger partial charge in [0.1, 0.15) is 6.61 Å². The van der Waals surface area contributed by atoms with Gasteiger partial charge in [0.25, 0.3) is 0 Å². The van der Waals surface area contributed by atoms with Gasteiger partial charge in [-0.2, -0.15) is 0 Å². The van der Waals surface area contributed by atoms with Gasteiger partial charge < -0.3 is 20.7 Å². The van der Waals surface area contributed by atoms with Crippen LogP contribution < -0.4 is 16.0 Å². The largest absolute Gasteiger partial charge is 0.449 e. The van der Waals surface area contributed by atoms with E-state index < -0.39 is 0 Å². The van der Waals surface area contributed by atoms with E-state index in [-0.39, 0.29) is 11.5 Å². The van der Waals surface area contributed by atoms with E-state index in [1.54, 1.807) is 7.05 Å². The molecule has 0 unspecified atom stereocenters. The van der Waals surface area contributed by atoms with Crippen molar-refractivity contribution in [3.8, 4) is 0 Å². The molecule has 0 saturated carbocycles. The van der Waals surface area contributed by atoms with Crippen molar-refractivity contribution in [2.45, 2.75) is 20.8 Å². The van der Waals surface area contributed by atoms with Crippen molar-refractivity contribution >= 4 is 6.09 Å². The van der Waals surface area contributed by atoms with Gasteiger partial charge in [0.2, 0.25) is 0 Å². The molecule has 0 aliphatic carbocycles. The number of hydrogen-bond acceptors (Lipinski definition) is 4. The monoisotopic (exact) mass is 231 g/mol. The van der Waals surface area contributed by atoms with Crippen molar-refractivity contribution in [2.75, 3.05) is 39.8 Å². The molecule has 1 amide bonds. The fraction of sp³-hybridized carbons (Fsp3) is 0.909. The molecule has 3 N–H and O–H groups in total. The highest BCUT2D eigenvalue weighted by atomic mass is 16.5. The molecule has 0 atom stereocenters. The molecule has 0 radical (unpaired) electrons. The lowest BCUT2D eigenvalue weighted by atomic mass is 9.91. The highest BCUT2D eigenvalue weighted by Crippen LogP contribution is 2.14. The first kappa shape index (κ1) is 15.2. The van der Waals surface area contributed by atoms with Crippen LogP contribution in [0.25, 0.3) is 0 Å². The SMILES string of the molecule is CCNCC(C)(CNCC)COC(=O)NC. The second-order valence-corrected chi connectivity index (χ2v) is 4.20. The Labute approximate surface area is 98.3 Å². The van der Waals surface area contributed by atoms with Crippen LogP contribution in [0.1, 0.15) is 20.8 Å². The third kappa shape index (κ3) is 6.63. The lowest BCUT2D eigenvalue weighted by molar-refractivity contribution is 0.0909. The Morgan fingerprint density at radius 3 is 2.06 bits per heavy atom. The minimum Gasteiger partial charge on any atom is -0.449 e. The summed E-state index contributed by atoms with van der Waals surface area (Å²) >= 11 is 0. The molecule has 0 aliphatic rings. The molecule has 0 heterocycles. The van der Waals surface area contributed by atoms with E-state index in [9.17, 15) is 4.79 Å². The van der Waals surface area contributed by atoms with Crippen LogP contribution in [0.2, 0.25) is 0 Å². The van der Waals surface area contributed by atoms with Gasteiger partial charge >= 0.3 is 6.09 Å². The van der Waals surface area contributed by atoms with E-state index in [2.05, 4.69) is 36.7 Å². The van der Waals surface area contributed by atoms with E-state index >= 15 is 0 Å². The maximum Gasteiger partial charge on any atom is 0.406 e. The van der Waals surface area contributed by atoms with Crippen LogP contribution in [0.5, 0.6) is 0 Å². The Balaban J connectivity index is 4.11. The third-order valence-electron chi connectivity index (χ3n) is 2.36. The zero-order valence-corrected chi connectivity index (χ0v) is 10.9. The van der Waals surface area contributed by atoms with Crippen LogP contribution in [-0.2, 0) is 4.74 Å².